The largest absolute Gasteiger partial charge is 0.354 e. The zero-order valence-corrected chi connectivity index (χ0v) is 58.0. The van der Waals surface area contributed by atoms with Crippen LogP contribution in [0, 0.1) is 116 Å². The lowest BCUT2D eigenvalue weighted by Gasteiger charge is -2.33. The number of H-pyrrole nitrogens is 2. The molecule has 14 atom stereocenters. The van der Waals surface area contributed by atoms with Crippen molar-refractivity contribution in [3.8, 4) is 44.5 Å². The Kier molecular flexibility index (Phi) is 18.2. The number of benzene rings is 6. The first-order chi connectivity index (χ1) is 53.3. The molecule has 11 heterocycles. The first kappa shape index (κ1) is 75.3. The van der Waals surface area contributed by atoms with Crippen molar-refractivity contribution in [2.24, 2.45) is 0 Å². The van der Waals surface area contributed by atoms with E-state index in [1.165, 1.54) is 76.2 Å². The first-order valence-electron chi connectivity index (χ1n) is 34.2. The number of nitrogens with one attached hydrogen (secondary N) is 2. The fourth-order valence-electron chi connectivity index (χ4n) is 16.6. The van der Waals surface area contributed by atoms with Crippen LogP contribution >= 0.6 is 0 Å². The van der Waals surface area contributed by atoms with Gasteiger partial charge in [0.1, 0.15) is 48.8 Å². The van der Waals surface area contributed by atoms with Crippen LogP contribution < -0.4 is 0 Å². The normalized spacial score (nSPS) is 26.4. The fraction of sp³-hybridized carbons (Fsp3) is 0.316. The number of hydrogen-bond acceptors (Lipinski definition) is 14. The van der Waals surface area contributed by atoms with Crippen molar-refractivity contribution in [2.75, 3.05) is 14.2 Å². The van der Waals surface area contributed by atoms with Gasteiger partial charge < -0.3 is 47.9 Å². The van der Waals surface area contributed by atoms with Crippen LogP contribution in [0.3, 0.4) is 0 Å². The van der Waals surface area contributed by atoms with Crippen molar-refractivity contribution < 1.29 is 135 Å². The van der Waals surface area contributed by atoms with E-state index in [2.05, 4.69) is 19.9 Å². The van der Waals surface area contributed by atoms with Gasteiger partial charge in [-0.25, -0.2) is 87.8 Å². The molecule has 0 unspecified atom stereocenters. The predicted molar refractivity (Wildman–Crippen MR) is 346 cm³/mol. The minimum Gasteiger partial charge on any atom is -0.354 e. The molecule has 9 aromatic rings. The lowest BCUT2D eigenvalue weighted by atomic mass is 9.82. The van der Waals surface area contributed by atoms with E-state index in [1.807, 2.05) is 0 Å². The molecule has 112 heavy (non-hydrogen) atoms. The summed E-state index contributed by atoms with van der Waals surface area (Å²) in [6.07, 6.45) is -16.5. The van der Waals surface area contributed by atoms with Gasteiger partial charge in [0.05, 0.1) is 68.9 Å². The van der Waals surface area contributed by atoms with E-state index < -0.39 is 316 Å². The quantitative estimate of drug-likeness (QED) is 0.0677. The number of aromatic amines is 2. The molecule has 6 aromatic carbocycles. The van der Waals surface area contributed by atoms with Crippen molar-refractivity contribution in [3.05, 3.63) is 235 Å². The second-order valence-electron chi connectivity index (χ2n) is 28.4. The highest BCUT2D eigenvalue weighted by Gasteiger charge is 2.67. The summed E-state index contributed by atoms with van der Waals surface area (Å²) in [4.78, 5) is 28.0. The standard InChI is InChI=1S/C76H52F20N6O10/c1-75(2)107-69-67(105-73(103-5)71(69)109-75)63-37-59-29(33-39(77)47(85)55(93)48(86)40(33)78)25-17-19-28(97-25)32(36-45(83)53(91)58(96)54(92)46(36)84)62-66-38(64(102(112-66)22-24-15-11-8-12-16-24)68-70-72(74(104-6)106-68)110-76(3,4)108-70)60(100-62)30(34-41(79)49(87)56(94)50(88)42(34)80)26-18-20-27(98-26)31(35-43(81)51(89)57(95)52(90)44(35)82)61(99-59)65(37)111-101(63)21-23-13-9-7-10-14-23/h7-20,37-38,63-74,97-98H,21-22H2,1-6H3/t37-,38-,63+,64+,65+,66+,67-,68-,69+,70+,71+,72+,73+,74+/m1/s1. The highest BCUT2D eigenvalue weighted by atomic mass is 19.2. The molecule has 2 N–H and O–H groups in total. The Hall–Kier alpha value is -9.44. The summed E-state index contributed by atoms with van der Waals surface area (Å²) in [6.45, 7) is 4.72. The SMILES string of the molecule is CO[C@H]1O[C@H]([C@@H]2[C@H]3c4nc(c(-c5c(F)c(F)c(F)c(F)c5F)c5ccc([nH]5)c(-c5c(F)c(F)c(F)c(F)c5F)c5nc(c(-c6c(F)c(F)c(F)c(F)c6F)c6ccc([nH]6)c4-c4c(F)c(F)c(F)c(F)c4F)[C@H]4ON(Cc6ccccc6)[C@H]([C@H]6O[C@H](OC)[C@H]7OC(C)(C)O[C@H]76)[C@@H]54)[C@H]3ON2Cc2ccccc2)[C@@H]2OC(C)(C)O[C@H]12. The monoisotopic (exact) mass is 1590 g/mol. The molecule has 16 nitrogen and oxygen atoms in total. The number of methoxy groups -OCH3 is 2. The van der Waals surface area contributed by atoms with Gasteiger partial charge in [-0.2, -0.15) is 10.1 Å². The van der Waals surface area contributed by atoms with Crippen LogP contribution in [0.2, 0.25) is 0 Å². The number of nitrogens with zero attached hydrogens (tertiary/aromatic N) is 4. The molecule has 3 aromatic heterocycles. The maximum Gasteiger partial charge on any atom is 0.200 e. The zero-order valence-electron chi connectivity index (χ0n) is 58.0. The van der Waals surface area contributed by atoms with Gasteiger partial charge in [0.15, 0.2) is 117 Å². The lowest BCUT2D eigenvalue weighted by molar-refractivity contribution is -0.247. The minimum atomic E-state index is -2.80. The van der Waals surface area contributed by atoms with Gasteiger partial charge in [-0.1, -0.05) is 60.7 Å². The molecule has 17 rings (SSSR count). The summed E-state index contributed by atoms with van der Waals surface area (Å²) in [5.41, 5.74) is -22.1. The van der Waals surface area contributed by atoms with Gasteiger partial charge in [0, 0.05) is 71.6 Å². The van der Waals surface area contributed by atoms with Crippen molar-refractivity contribution in [3.63, 3.8) is 0 Å². The molecule has 586 valence electrons. The van der Waals surface area contributed by atoms with Crippen LogP contribution in [-0.2, 0) is 60.7 Å². The molecule has 36 heteroatoms. The average Bonchev–Trinajstić information content (AvgIpc) is 1.54. The number of hydrogen-bond donors (Lipinski definition) is 2. The number of halogens is 20. The summed E-state index contributed by atoms with van der Waals surface area (Å²) in [7, 11) is 2.31. The molecule has 6 saturated heterocycles. The van der Waals surface area contributed by atoms with E-state index in [0.29, 0.717) is 24.3 Å². The summed E-state index contributed by atoms with van der Waals surface area (Å²) in [6, 6.07) is 14.2. The molecular weight excluding hydrogens is 1540 g/mol. The Bertz CT molecular complexity index is 5180. The molecule has 0 aliphatic carbocycles. The third kappa shape index (κ3) is 11.3. The maximum atomic E-state index is 17.8. The van der Waals surface area contributed by atoms with Crippen molar-refractivity contribution in [1.82, 2.24) is 30.1 Å². The van der Waals surface area contributed by atoms with E-state index in [9.17, 15) is 0 Å². The molecular formula is C76H52F20N6O10. The molecule has 0 saturated carbocycles. The third-order valence-corrected chi connectivity index (χ3v) is 21.1. The molecule has 0 spiro atoms. The highest BCUT2D eigenvalue weighted by molar-refractivity contribution is 5.94. The van der Waals surface area contributed by atoms with Crippen molar-refractivity contribution >= 4 is 22.1 Å². The number of rotatable bonds is 12. The molecule has 0 amide bonds. The molecule has 8 bridgehead atoms. The Morgan fingerprint density at radius 1 is 0.321 bits per heavy atom. The van der Waals surface area contributed by atoms with Gasteiger partial charge in [0.25, 0.3) is 0 Å². The number of aromatic nitrogens is 4. The van der Waals surface area contributed by atoms with Crippen LogP contribution in [0.1, 0.15) is 85.6 Å². The molecule has 6 fully saturated rings. The average molecular weight is 1590 g/mol. The minimum absolute atomic E-state index is 0.284. The Morgan fingerprint density at radius 3 is 0.839 bits per heavy atom. The lowest BCUT2D eigenvalue weighted by Crippen LogP contribution is -2.47. The Balaban J connectivity index is 1.11. The van der Waals surface area contributed by atoms with Gasteiger partial charge in [0.2, 0.25) is 23.3 Å². The van der Waals surface area contributed by atoms with Crippen LogP contribution in [0.5, 0.6) is 0 Å². The maximum absolute atomic E-state index is 17.8. The van der Waals surface area contributed by atoms with E-state index in [4.69, 9.17) is 47.6 Å². The second kappa shape index (κ2) is 27.1. The summed E-state index contributed by atoms with van der Waals surface area (Å²) < 4.78 is 387. The van der Waals surface area contributed by atoms with Crippen molar-refractivity contribution in [1.29, 1.82) is 0 Å². The Morgan fingerprint density at radius 2 is 0.571 bits per heavy atom. The summed E-state index contributed by atoms with van der Waals surface area (Å²) in [5, 5.41) is 2.08. The zero-order chi connectivity index (χ0) is 79.4. The fourth-order valence-corrected chi connectivity index (χ4v) is 16.6. The number of ether oxygens (including phenoxy) is 8. The first-order valence-corrected chi connectivity index (χ1v) is 34.2. The topological polar surface area (TPSA) is 156 Å². The third-order valence-electron chi connectivity index (χ3n) is 21.1. The summed E-state index contributed by atoms with van der Waals surface area (Å²) in [5.74, 6) is -62.2. The van der Waals surface area contributed by atoms with Crippen LogP contribution in [0.4, 0.5) is 87.8 Å². The van der Waals surface area contributed by atoms with Gasteiger partial charge in [-0.05, 0) is 63.1 Å². The van der Waals surface area contributed by atoms with Crippen LogP contribution in [0.15, 0.2) is 84.9 Å². The van der Waals surface area contributed by atoms with Gasteiger partial charge in [-0.3, -0.25) is 19.6 Å². The van der Waals surface area contributed by atoms with E-state index >= 15 is 87.8 Å². The highest BCUT2D eigenvalue weighted by Crippen LogP contribution is 2.61. The molecule has 8 aliphatic heterocycles. The number of hydroxylamine groups is 4. The van der Waals surface area contributed by atoms with E-state index in [0.717, 1.165) is 24.3 Å². The predicted octanol–water partition coefficient (Wildman–Crippen LogP) is 16.8. The molecule has 8 aliphatic rings. The van der Waals surface area contributed by atoms with Gasteiger partial charge in [-0.15, -0.1) is 0 Å². The van der Waals surface area contributed by atoms with Crippen molar-refractivity contribution in [2.45, 2.75) is 138 Å². The second-order valence-corrected chi connectivity index (χ2v) is 28.4. The number of fused-ring (bicyclic) bond motifs is 16. The Labute approximate surface area is 617 Å². The molecule has 0 radical (unpaired) electrons. The van der Waals surface area contributed by atoms with Gasteiger partial charge >= 0.3 is 0 Å². The van der Waals surface area contributed by atoms with E-state index in [1.54, 1.807) is 12.1 Å². The van der Waals surface area contributed by atoms with Crippen LogP contribution in [0.25, 0.3) is 66.6 Å². The van der Waals surface area contributed by atoms with Crippen LogP contribution in [-0.4, -0.2) is 117 Å². The summed E-state index contributed by atoms with van der Waals surface area (Å²) >= 11 is 0. The van der Waals surface area contributed by atoms with E-state index in [-0.39, 0.29) is 11.1 Å². The smallest absolute Gasteiger partial charge is 0.200 e.